The van der Waals surface area contributed by atoms with Crippen LogP contribution in [-0.2, 0) is 32.7 Å². The number of carbonyl (C=O) groups excluding carboxylic acids is 2. The van der Waals surface area contributed by atoms with Gasteiger partial charge in [0, 0.05) is 12.8 Å². The topological polar surface area (TPSA) is 149 Å². The van der Waals surface area contributed by atoms with E-state index >= 15 is 0 Å². The van der Waals surface area contributed by atoms with Gasteiger partial charge >= 0.3 is 19.8 Å². The average molecular weight is 829 g/mol. The Morgan fingerprint density at radius 1 is 0.579 bits per heavy atom. The van der Waals surface area contributed by atoms with Gasteiger partial charge in [-0.3, -0.25) is 18.6 Å². The maximum atomic E-state index is 12.6. The zero-order valence-corrected chi connectivity index (χ0v) is 37.0. The first-order chi connectivity index (χ1) is 27.7. The third kappa shape index (κ3) is 42.1. The molecule has 0 spiro atoms. The van der Waals surface area contributed by atoms with Gasteiger partial charge in [-0.1, -0.05) is 166 Å². The van der Waals surface area contributed by atoms with E-state index < -0.39 is 51.8 Å². The molecule has 10 nitrogen and oxygen atoms in total. The number of carbonyl (C=O) groups is 2. The average Bonchev–Trinajstić information content (AvgIpc) is 3.20. The Kier molecular flexibility index (Phi) is 41.0. The number of hydrogen-bond donors (Lipinski definition) is 3. The summed E-state index contributed by atoms with van der Waals surface area (Å²) in [4.78, 5) is 35.0. The summed E-state index contributed by atoms with van der Waals surface area (Å²) in [7, 11) is -4.62. The van der Waals surface area contributed by atoms with Gasteiger partial charge in [-0.25, -0.2) is 4.57 Å². The van der Waals surface area contributed by atoms with Gasteiger partial charge in [0.25, 0.3) is 0 Å². The molecule has 0 saturated heterocycles. The lowest BCUT2D eigenvalue weighted by Gasteiger charge is -2.20. The molecular weight excluding hydrogens is 743 g/mol. The molecule has 11 heteroatoms. The Labute approximate surface area is 348 Å². The van der Waals surface area contributed by atoms with Gasteiger partial charge in [0.1, 0.15) is 12.7 Å². The molecule has 0 aliphatic heterocycles. The Bertz CT molecular complexity index is 1030. The van der Waals surface area contributed by atoms with Crippen LogP contribution in [0.3, 0.4) is 0 Å². The SMILES string of the molecule is C=CCCCCCCCCCCCCCCCC(=O)OC[C@H](COP(=O)(O)OC[C@@H](O)CO)OC(=O)CCCCCCCCCCC/C=C/C/C=C/CCCCC. The van der Waals surface area contributed by atoms with Gasteiger partial charge in [-0.15, -0.1) is 6.58 Å². The van der Waals surface area contributed by atoms with Crippen molar-refractivity contribution < 1.29 is 47.8 Å². The maximum absolute atomic E-state index is 12.6. The van der Waals surface area contributed by atoms with Crippen molar-refractivity contribution in [3.8, 4) is 0 Å². The number of hydrogen-bond acceptors (Lipinski definition) is 9. The van der Waals surface area contributed by atoms with Crippen LogP contribution in [0.2, 0.25) is 0 Å². The summed E-state index contributed by atoms with van der Waals surface area (Å²) in [5, 5.41) is 18.3. The van der Waals surface area contributed by atoms with Crippen LogP contribution in [-0.4, -0.2) is 65.7 Å². The second kappa shape index (κ2) is 42.3. The highest BCUT2D eigenvalue weighted by molar-refractivity contribution is 7.47. The number of ether oxygens (including phenoxy) is 2. The number of phosphoric acid groups is 1. The maximum Gasteiger partial charge on any atom is 0.472 e. The highest BCUT2D eigenvalue weighted by Gasteiger charge is 2.27. The molecule has 0 heterocycles. The van der Waals surface area contributed by atoms with E-state index in [-0.39, 0.29) is 19.4 Å². The van der Waals surface area contributed by atoms with Crippen molar-refractivity contribution in [3.63, 3.8) is 0 Å². The molecule has 0 radical (unpaired) electrons. The quantitative estimate of drug-likeness (QED) is 0.0234. The van der Waals surface area contributed by atoms with Gasteiger partial charge in [-0.05, 0) is 57.8 Å². The Morgan fingerprint density at radius 2 is 1.00 bits per heavy atom. The van der Waals surface area contributed by atoms with Crippen LogP contribution in [0.25, 0.3) is 0 Å². The van der Waals surface area contributed by atoms with Crippen LogP contribution >= 0.6 is 7.82 Å². The molecule has 0 amide bonds. The molecule has 0 aromatic carbocycles. The first-order valence-electron chi connectivity index (χ1n) is 22.9. The Hall–Kier alpha value is -1.81. The van der Waals surface area contributed by atoms with Crippen LogP contribution in [0.5, 0.6) is 0 Å². The molecule has 1 unspecified atom stereocenters. The van der Waals surface area contributed by atoms with Crippen molar-refractivity contribution >= 4 is 19.8 Å². The molecule has 3 atom stereocenters. The molecule has 0 rings (SSSR count). The first-order valence-corrected chi connectivity index (χ1v) is 24.4. The smallest absolute Gasteiger partial charge is 0.462 e. The standard InChI is InChI=1S/C46H85O10P/c1-3-5-7-9-11-13-15-17-19-20-21-22-24-26-28-30-32-34-36-38-46(50)56-44(42-55-57(51,52)54-40-43(48)39-47)41-53-45(49)37-35-33-31-29-27-25-23-18-16-14-12-10-8-6-4-2/h4,11,13,17,19,43-44,47-48H,2-3,5-10,12,14-16,18,20-42H2,1H3,(H,51,52)/b13-11+,19-17+/t43-,44+/m0/s1. The van der Waals surface area contributed by atoms with Crippen LogP contribution in [0.15, 0.2) is 37.0 Å². The number of phosphoric ester groups is 1. The minimum atomic E-state index is -4.62. The van der Waals surface area contributed by atoms with E-state index in [0.29, 0.717) is 12.8 Å². The molecular formula is C46H85O10P. The lowest BCUT2D eigenvalue weighted by molar-refractivity contribution is -0.161. The van der Waals surface area contributed by atoms with Crippen molar-refractivity contribution in [2.24, 2.45) is 0 Å². The van der Waals surface area contributed by atoms with E-state index in [0.717, 1.165) is 57.8 Å². The van der Waals surface area contributed by atoms with Crippen LogP contribution in [0.4, 0.5) is 0 Å². The molecule has 0 bridgehead atoms. The van der Waals surface area contributed by atoms with E-state index in [2.05, 4.69) is 37.8 Å². The second-order valence-corrected chi connectivity index (χ2v) is 17.0. The summed E-state index contributed by atoms with van der Waals surface area (Å²) in [5.74, 6) is -0.927. The van der Waals surface area contributed by atoms with Crippen molar-refractivity contribution in [1.82, 2.24) is 0 Å². The van der Waals surface area contributed by atoms with Crippen molar-refractivity contribution in [3.05, 3.63) is 37.0 Å². The number of rotatable bonds is 44. The fourth-order valence-corrected chi connectivity index (χ4v) is 7.15. The molecule has 57 heavy (non-hydrogen) atoms. The number of allylic oxidation sites excluding steroid dienone is 5. The fourth-order valence-electron chi connectivity index (χ4n) is 6.36. The summed E-state index contributed by atoms with van der Waals surface area (Å²) >= 11 is 0. The summed E-state index contributed by atoms with van der Waals surface area (Å²) in [6, 6.07) is 0. The number of esters is 2. The lowest BCUT2D eigenvalue weighted by Crippen LogP contribution is -2.29. The molecule has 0 aromatic rings. The van der Waals surface area contributed by atoms with Gasteiger partial charge in [0.05, 0.1) is 19.8 Å². The van der Waals surface area contributed by atoms with E-state index in [1.54, 1.807) is 0 Å². The van der Waals surface area contributed by atoms with Gasteiger partial charge in [0.2, 0.25) is 0 Å². The summed E-state index contributed by atoms with van der Waals surface area (Å²) in [6.07, 6.45) is 42.8. The van der Waals surface area contributed by atoms with Crippen molar-refractivity contribution in [2.75, 3.05) is 26.4 Å². The van der Waals surface area contributed by atoms with E-state index in [1.807, 2.05) is 6.08 Å². The van der Waals surface area contributed by atoms with Crippen LogP contribution in [0, 0.1) is 0 Å². The molecule has 0 fully saturated rings. The van der Waals surface area contributed by atoms with Crippen LogP contribution < -0.4 is 0 Å². The van der Waals surface area contributed by atoms with Gasteiger partial charge in [-0.2, -0.15) is 0 Å². The highest BCUT2D eigenvalue weighted by Crippen LogP contribution is 2.43. The predicted molar refractivity (Wildman–Crippen MR) is 233 cm³/mol. The number of aliphatic hydroxyl groups excluding tert-OH is 2. The molecule has 334 valence electrons. The zero-order valence-electron chi connectivity index (χ0n) is 36.1. The summed E-state index contributed by atoms with van der Waals surface area (Å²) in [5.41, 5.74) is 0. The second-order valence-electron chi connectivity index (χ2n) is 15.5. The normalized spacial score (nSPS) is 13.9. The highest BCUT2D eigenvalue weighted by atomic mass is 31.2. The van der Waals surface area contributed by atoms with Crippen LogP contribution in [0.1, 0.15) is 206 Å². The fraction of sp³-hybridized carbons (Fsp3) is 0.826. The predicted octanol–water partition coefficient (Wildman–Crippen LogP) is 12.3. The third-order valence-corrected chi connectivity index (χ3v) is 10.9. The number of unbranched alkanes of at least 4 members (excludes halogenated alkanes) is 25. The van der Waals surface area contributed by atoms with Crippen molar-refractivity contribution in [2.45, 2.75) is 218 Å². The largest absolute Gasteiger partial charge is 0.472 e. The number of aliphatic hydroxyl groups is 2. The lowest BCUT2D eigenvalue weighted by atomic mass is 10.0. The minimum absolute atomic E-state index is 0.180. The molecule has 0 aliphatic carbocycles. The minimum Gasteiger partial charge on any atom is -0.462 e. The van der Waals surface area contributed by atoms with Crippen molar-refractivity contribution in [1.29, 1.82) is 0 Å². The Balaban J connectivity index is 4.23. The third-order valence-electron chi connectivity index (χ3n) is 9.91. The van der Waals surface area contributed by atoms with E-state index in [9.17, 15) is 24.2 Å². The zero-order chi connectivity index (χ0) is 41.9. The van der Waals surface area contributed by atoms with Gasteiger partial charge < -0.3 is 24.6 Å². The first kappa shape index (κ1) is 55.2. The molecule has 0 saturated carbocycles. The monoisotopic (exact) mass is 829 g/mol. The van der Waals surface area contributed by atoms with Gasteiger partial charge in [0.15, 0.2) is 6.10 Å². The molecule has 3 N–H and O–H groups in total. The van der Waals surface area contributed by atoms with E-state index in [1.165, 1.54) is 116 Å². The Morgan fingerprint density at radius 3 is 1.47 bits per heavy atom. The summed E-state index contributed by atoms with van der Waals surface area (Å²) < 4.78 is 32.8. The summed E-state index contributed by atoms with van der Waals surface area (Å²) in [6.45, 7) is 3.89. The van der Waals surface area contributed by atoms with E-state index in [4.69, 9.17) is 23.6 Å². The molecule has 0 aliphatic rings. The molecule has 0 aromatic heterocycles.